The molecule has 0 aliphatic heterocycles. The van der Waals surface area contributed by atoms with Crippen molar-refractivity contribution in [1.29, 1.82) is 0 Å². The van der Waals surface area contributed by atoms with E-state index in [4.69, 9.17) is 15.0 Å². The van der Waals surface area contributed by atoms with Crippen LogP contribution in [-0.4, -0.2) is 41.0 Å². The highest BCUT2D eigenvalue weighted by Crippen LogP contribution is 2.34. The number of nitrogens with zero attached hydrogens (tertiary/aromatic N) is 7. The first kappa shape index (κ1) is 35.4. The predicted molar refractivity (Wildman–Crippen MR) is 259 cm³/mol. The molecule has 0 unspecified atom stereocenters. The van der Waals surface area contributed by atoms with E-state index in [0.717, 1.165) is 78.5 Å². The summed E-state index contributed by atoms with van der Waals surface area (Å²) >= 11 is 0. The SMILES string of the molecule is c1ccc(-c2cc(-n3c4ccccc4n4c5ccccc5nc34)nc(-n3c4ccc([Si](c5ccccc5)(c5ccccc5)c5ccccc5)cc4n4c5ccccc5nc34)c2)cc1. The van der Waals surface area contributed by atoms with Gasteiger partial charge in [0.05, 0.1) is 44.1 Å². The Labute approximate surface area is 363 Å². The predicted octanol–water partition coefficient (Wildman–Crippen LogP) is 9.62. The number of rotatable bonds is 7. The fourth-order valence-electron chi connectivity index (χ4n) is 10.0. The lowest BCUT2D eigenvalue weighted by Gasteiger charge is -2.34. The highest BCUT2D eigenvalue weighted by molar-refractivity contribution is 7.20. The number of hydrogen-bond acceptors (Lipinski definition) is 3. The van der Waals surface area contributed by atoms with Crippen molar-refractivity contribution in [1.82, 2.24) is 32.9 Å². The Hall–Kier alpha value is -8.33. The van der Waals surface area contributed by atoms with Crippen LogP contribution >= 0.6 is 0 Å². The summed E-state index contributed by atoms with van der Waals surface area (Å²) in [5.41, 5.74) is 10.3. The van der Waals surface area contributed by atoms with Gasteiger partial charge in [0.25, 0.3) is 0 Å². The van der Waals surface area contributed by atoms with Crippen molar-refractivity contribution in [3.63, 3.8) is 0 Å². The third-order valence-electron chi connectivity index (χ3n) is 12.7. The third kappa shape index (κ3) is 5.22. The van der Waals surface area contributed by atoms with Gasteiger partial charge in [0.2, 0.25) is 11.6 Å². The number of benzene rings is 8. The molecule has 0 atom stereocenters. The number of aromatic nitrogens is 7. The van der Waals surface area contributed by atoms with Crippen LogP contribution in [0.4, 0.5) is 0 Å². The molecule has 0 saturated carbocycles. The second-order valence-corrected chi connectivity index (χ2v) is 19.9. The maximum Gasteiger partial charge on any atom is 0.221 e. The van der Waals surface area contributed by atoms with E-state index in [9.17, 15) is 0 Å². The van der Waals surface area contributed by atoms with Crippen molar-refractivity contribution in [2.45, 2.75) is 0 Å². The van der Waals surface area contributed by atoms with Crippen molar-refractivity contribution in [2.24, 2.45) is 0 Å². The minimum absolute atomic E-state index is 0.763. The summed E-state index contributed by atoms with van der Waals surface area (Å²) in [5.74, 6) is 3.14. The zero-order valence-electron chi connectivity index (χ0n) is 34.0. The van der Waals surface area contributed by atoms with Crippen LogP contribution in [0.25, 0.3) is 78.5 Å². The second kappa shape index (κ2) is 13.9. The van der Waals surface area contributed by atoms with Crippen LogP contribution in [0.1, 0.15) is 0 Å². The molecular formula is C55H37N7Si. The zero-order chi connectivity index (χ0) is 41.5. The molecule has 13 rings (SSSR count). The lowest BCUT2D eigenvalue weighted by atomic mass is 10.1. The molecule has 0 spiro atoms. The van der Waals surface area contributed by atoms with Gasteiger partial charge in [0, 0.05) is 0 Å². The molecule has 5 aromatic heterocycles. The highest BCUT2D eigenvalue weighted by atomic mass is 28.3. The second-order valence-electron chi connectivity index (χ2n) is 16.1. The summed E-state index contributed by atoms with van der Waals surface area (Å²) in [6.07, 6.45) is 0. The van der Waals surface area contributed by atoms with E-state index < -0.39 is 8.07 Å². The molecule has 0 bridgehead atoms. The van der Waals surface area contributed by atoms with Crippen LogP contribution in [0.5, 0.6) is 0 Å². The largest absolute Gasteiger partial charge is 0.276 e. The van der Waals surface area contributed by atoms with Crippen molar-refractivity contribution in [3.05, 3.63) is 224 Å². The minimum atomic E-state index is -2.86. The minimum Gasteiger partial charge on any atom is -0.276 e. The van der Waals surface area contributed by atoms with E-state index >= 15 is 0 Å². The number of para-hydroxylation sites is 6. The average Bonchev–Trinajstić information content (AvgIpc) is 4.09. The molecule has 0 amide bonds. The molecule has 0 radical (unpaired) electrons. The van der Waals surface area contributed by atoms with E-state index in [0.29, 0.717) is 0 Å². The number of imidazole rings is 4. The first-order valence-electron chi connectivity index (χ1n) is 21.3. The van der Waals surface area contributed by atoms with Gasteiger partial charge in [-0.2, -0.15) is 0 Å². The zero-order valence-corrected chi connectivity index (χ0v) is 35.0. The van der Waals surface area contributed by atoms with Gasteiger partial charge in [-0.05, 0) is 92.5 Å². The summed E-state index contributed by atoms with van der Waals surface area (Å²) in [4.78, 5) is 16.2. The Morgan fingerprint density at radius 3 is 1.22 bits per heavy atom. The lowest BCUT2D eigenvalue weighted by Crippen LogP contribution is -2.74. The van der Waals surface area contributed by atoms with Crippen LogP contribution in [-0.2, 0) is 0 Å². The summed E-state index contributed by atoms with van der Waals surface area (Å²) in [5, 5.41) is 5.26. The standard InChI is InChI=1S/C55H37N7Si/c1-5-19-38(20-6-1)39-35-52(61-49-32-18-17-31-48(49)59-46-29-15-13-27-44(46)56-54(59)61)58-53(36-39)62-50-34-33-43(37-51(50)60-47-30-16-14-28-45(47)57-55(60)62)63(40-21-7-2-8-22-40,41-23-9-3-10-24-41)42-25-11-4-12-26-42/h1-37H. The van der Waals surface area contributed by atoms with E-state index in [1.807, 2.05) is 6.07 Å². The van der Waals surface area contributed by atoms with Gasteiger partial charge in [0.15, 0.2) is 8.07 Å². The lowest BCUT2D eigenvalue weighted by molar-refractivity contribution is 0.983. The molecule has 0 fully saturated rings. The van der Waals surface area contributed by atoms with Crippen LogP contribution in [0, 0.1) is 0 Å². The van der Waals surface area contributed by atoms with Gasteiger partial charge in [0.1, 0.15) is 11.6 Å². The highest BCUT2D eigenvalue weighted by Gasteiger charge is 2.42. The number of pyridine rings is 1. The number of hydrogen-bond donors (Lipinski definition) is 0. The molecule has 0 saturated heterocycles. The van der Waals surface area contributed by atoms with Crippen LogP contribution in [0.15, 0.2) is 224 Å². The summed E-state index contributed by atoms with van der Waals surface area (Å²) in [6, 6.07) is 80.6. The smallest absolute Gasteiger partial charge is 0.221 e. The molecule has 0 aliphatic carbocycles. The van der Waals surface area contributed by atoms with Gasteiger partial charge in [-0.25, -0.2) is 15.0 Å². The maximum atomic E-state index is 5.63. The van der Waals surface area contributed by atoms with Gasteiger partial charge in [-0.15, -0.1) is 0 Å². The monoisotopic (exact) mass is 823 g/mol. The van der Waals surface area contributed by atoms with Crippen molar-refractivity contribution >= 4 is 84.5 Å². The third-order valence-corrected chi connectivity index (χ3v) is 17.5. The fraction of sp³-hybridized carbons (Fsp3) is 0. The van der Waals surface area contributed by atoms with E-state index in [1.165, 1.54) is 20.7 Å². The molecule has 13 aromatic rings. The maximum absolute atomic E-state index is 5.63. The normalized spacial score (nSPS) is 12.1. The Bertz CT molecular complexity index is 3750. The van der Waals surface area contributed by atoms with E-state index in [1.54, 1.807) is 0 Å². The molecule has 0 aliphatic rings. The van der Waals surface area contributed by atoms with Gasteiger partial charge in [-0.3, -0.25) is 17.9 Å². The molecule has 0 N–H and O–H groups in total. The van der Waals surface area contributed by atoms with Gasteiger partial charge >= 0.3 is 0 Å². The van der Waals surface area contributed by atoms with Gasteiger partial charge in [-0.1, -0.05) is 164 Å². The molecule has 296 valence electrons. The molecule has 5 heterocycles. The molecule has 8 aromatic carbocycles. The van der Waals surface area contributed by atoms with Gasteiger partial charge < -0.3 is 0 Å². The fourth-order valence-corrected chi connectivity index (χ4v) is 14.8. The Kier molecular flexibility index (Phi) is 7.79. The van der Waals surface area contributed by atoms with E-state index in [-0.39, 0.29) is 0 Å². The Balaban J connectivity index is 1.14. The molecule has 8 heteroatoms. The molecule has 7 nitrogen and oxygen atoms in total. The summed E-state index contributed by atoms with van der Waals surface area (Å²) in [6.45, 7) is 0. The summed E-state index contributed by atoms with van der Waals surface area (Å²) in [7, 11) is -2.86. The van der Waals surface area contributed by atoms with Crippen LogP contribution in [0.3, 0.4) is 0 Å². The average molecular weight is 824 g/mol. The number of fused-ring (bicyclic) bond motifs is 10. The first-order valence-corrected chi connectivity index (χ1v) is 23.3. The van der Waals surface area contributed by atoms with Crippen molar-refractivity contribution in [2.75, 3.05) is 0 Å². The topological polar surface area (TPSA) is 57.4 Å². The van der Waals surface area contributed by atoms with E-state index in [2.05, 4.69) is 236 Å². The van der Waals surface area contributed by atoms with Crippen molar-refractivity contribution in [3.8, 4) is 22.8 Å². The summed E-state index contributed by atoms with van der Waals surface area (Å²) < 4.78 is 9.02. The van der Waals surface area contributed by atoms with Crippen molar-refractivity contribution < 1.29 is 0 Å². The molecule has 63 heavy (non-hydrogen) atoms. The quantitative estimate of drug-likeness (QED) is 0.119. The van der Waals surface area contributed by atoms with Crippen LogP contribution < -0.4 is 20.7 Å². The van der Waals surface area contributed by atoms with Crippen LogP contribution in [0.2, 0.25) is 0 Å². The Morgan fingerprint density at radius 1 is 0.286 bits per heavy atom. The molecular weight excluding hydrogens is 787 g/mol. The first-order chi connectivity index (χ1) is 31.3. The Morgan fingerprint density at radius 2 is 0.698 bits per heavy atom.